The van der Waals surface area contributed by atoms with Crippen LogP contribution in [0.2, 0.25) is 0 Å². The highest BCUT2D eigenvalue weighted by Gasteiger charge is 2.29. The van der Waals surface area contributed by atoms with Gasteiger partial charge >= 0.3 is 12.3 Å². The first-order chi connectivity index (χ1) is 5.37. The number of ether oxygens (including phenoxy) is 2. The van der Waals surface area contributed by atoms with Crippen molar-refractivity contribution in [1.82, 2.24) is 0 Å². The second-order valence-corrected chi connectivity index (χ2v) is 1.86. The topological polar surface area (TPSA) is 35.5 Å². The third kappa shape index (κ3) is 4.59. The van der Waals surface area contributed by atoms with Crippen molar-refractivity contribution in [3.05, 3.63) is 11.8 Å². The summed E-state index contributed by atoms with van der Waals surface area (Å²) in [6.07, 6.45) is -4.47. The Morgan fingerprint density at radius 1 is 1.42 bits per heavy atom. The molecule has 0 amide bonds. The summed E-state index contributed by atoms with van der Waals surface area (Å²) in [5, 5.41) is 0. The van der Waals surface area contributed by atoms with Crippen molar-refractivity contribution >= 4 is 5.97 Å². The minimum atomic E-state index is -4.77. The van der Waals surface area contributed by atoms with E-state index in [1.807, 2.05) is 0 Å². The lowest BCUT2D eigenvalue weighted by molar-refractivity contribution is -0.298. The SMILES string of the molecule is COC(=O)/C(C)=C/OC(F)(F)F. The Hall–Kier alpha value is -1.20. The summed E-state index contributed by atoms with van der Waals surface area (Å²) >= 11 is 0. The van der Waals surface area contributed by atoms with E-state index in [0.717, 1.165) is 14.0 Å². The molecular weight excluding hydrogens is 177 g/mol. The van der Waals surface area contributed by atoms with Gasteiger partial charge in [0.2, 0.25) is 0 Å². The van der Waals surface area contributed by atoms with Crippen LogP contribution in [0.3, 0.4) is 0 Å². The number of methoxy groups -OCH3 is 1. The average Bonchev–Trinajstić information content (AvgIpc) is 1.97. The van der Waals surface area contributed by atoms with Gasteiger partial charge in [0.1, 0.15) is 6.26 Å². The van der Waals surface area contributed by atoms with Gasteiger partial charge in [0.25, 0.3) is 0 Å². The zero-order valence-corrected chi connectivity index (χ0v) is 6.44. The molecule has 0 aromatic carbocycles. The molecule has 0 spiro atoms. The van der Waals surface area contributed by atoms with Gasteiger partial charge in [0, 0.05) is 0 Å². The molecule has 0 rings (SSSR count). The third-order valence-electron chi connectivity index (χ3n) is 0.877. The van der Waals surface area contributed by atoms with Gasteiger partial charge in [-0.3, -0.25) is 0 Å². The molecule has 3 nitrogen and oxygen atoms in total. The van der Waals surface area contributed by atoms with Crippen LogP contribution in [0.25, 0.3) is 0 Å². The molecule has 70 valence electrons. The summed E-state index contributed by atoms with van der Waals surface area (Å²) in [6, 6.07) is 0. The van der Waals surface area contributed by atoms with E-state index in [1.54, 1.807) is 0 Å². The molecule has 0 radical (unpaired) electrons. The third-order valence-corrected chi connectivity index (χ3v) is 0.877. The molecule has 12 heavy (non-hydrogen) atoms. The number of halogens is 3. The standard InChI is InChI=1S/C6H7F3O3/c1-4(5(10)11-2)3-12-6(7,8)9/h3H,1-2H3/b4-3+. The van der Waals surface area contributed by atoms with Crippen LogP contribution in [0, 0.1) is 0 Å². The monoisotopic (exact) mass is 184 g/mol. The number of hydrogen-bond acceptors (Lipinski definition) is 3. The van der Waals surface area contributed by atoms with E-state index < -0.39 is 12.3 Å². The van der Waals surface area contributed by atoms with E-state index in [0.29, 0.717) is 6.26 Å². The smallest absolute Gasteiger partial charge is 0.466 e. The highest BCUT2D eigenvalue weighted by molar-refractivity contribution is 5.87. The minimum Gasteiger partial charge on any atom is -0.466 e. The fraction of sp³-hybridized carbons (Fsp3) is 0.500. The fourth-order valence-corrected chi connectivity index (χ4v) is 0.364. The van der Waals surface area contributed by atoms with E-state index in [9.17, 15) is 18.0 Å². The molecule has 6 heteroatoms. The van der Waals surface area contributed by atoms with Crippen molar-refractivity contribution in [2.75, 3.05) is 7.11 Å². The maximum atomic E-state index is 11.4. The first kappa shape index (κ1) is 10.8. The highest BCUT2D eigenvalue weighted by Crippen LogP contribution is 2.17. The van der Waals surface area contributed by atoms with Crippen LogP contribution in [0.5, 0.6) is 0 Å². The Bertz CT molecular complexity index is 195. The minimum absolute atomic E-state index is 0.255. The molecule has 0 aliphatic heterocycles. The van der Waals surface area contributed by atoms with E-state index >= 15 is 0 Å². The van der Waals surface area contributed by atoms with Crippen molar-refractivity contribution in [2.24, 2.45) is 0 Å². The molecule has 0 saturated heterocycles. The molecule has 0 fully saturated rings. The van der Waals surface area contributed by atoms with E-state index in [1.165, 1.54) is 0 Å². The Morgan fingerprint density at radius 3 is 2.25 bits per heavy atom. The Labute approximate surface area is 66.8 Å². The van der Waals surface area contributed by atoms with Crippen LogP contribution in [-0.2, 0) is 14.3 Å². The Kier molecular flexibility index (Phi) is 3.59. The van der Waals surface area contributed by atoms with Crippen molar-refractivity contribution in [3.8, 4) is 0 Å². The van der Waals surface area contributed by atoms with Crippen LogP contribution in [0.4, 0.5) is 13.2 Å². The summed E-state index contributed by atoms with van der Waals surface area (Å²) in [5.74, 6) is -0.862. The van der Waals surface area contributed by atoms with Gasteiger partial charge < -0.3 is 9.47 Å². The molecule has 0 unspecified atom stereocenters. The van der Waals surface area contributed by atoms with Crippen LogP contribution >= 0.6 is 0 Å². The predicted octanol–water partition coefficient (Wildman–Crippen LogP) is 1.60. The van der Waals surface area contributed by atoms with Gasteiger partial charge in [-0.2, -0.15) is 0 Å². The number of carbonyl (C=O) groups excluding carboxylic acids is 1. The number of hydrogen-bond donors (Lipinski definition) is 0. The van der Waals surface area contributed by atoms with Crippen molar-refractivity contribution in [3.63, 3.8) is 0 Å². The lowest BCUT2D eigenvalue weighted by atomic mass is 10.3. The Balaban J connectivity index is 4.10. The zero-order valence-electron chi connectivity index (χ0n) is 6.44. The van der Waals surface area contributed by atoms with Gasteiger partial charge in [0.15, 0.2) is 0 Å². The molecular formula is C6H7F3O3. The summed E-state index contributed by atoms with van der Waals surface area (Å²) < 4.78 is 41.5. The van der Waals surface area contributed by atoms with Gasteiger partial charge in [-0.1, -0.05) is 0 Å². The lowest BCUT2D eigenvalue weighted by Crippen LogP contribution is -2.11. The zero-order chi connectivity index (χ0) is 9.78. The highest BCUT2D eigenvalue weighted by atomic mass is 19.4. The number of esters is 1. The van der Waals surface area contributed by atoms with Crippen LogP contribution in [0.15, 0.2) is 11.8 Å². The summed E-state index contributed by atoms with van der Waals surface area (Å²) in [7, 11) is 1.06. The molecule has 0 N–H and O–H groups in total. The molecule has 0 saturated carbocycles. The molecule has 0 heterocycles. The maximum absolute atomic E-state index is 11.4. The van der Waals surface area contributed by atoms with E-state index in [-0.39, 0.29) is 5.57 Å². The summed E-state index contributed by atoms with van der Waals surface area (Å²) in [4.78, 5) is 10.5. The quantitative estimate of drug-likeness (QED) is 0.371. The fourth-order valence-electron chi connectivity index (χ4n) is 0.364. The van der Waals surface area contributed by atoms with Crippen LogP contribution in [-0.4, -0.2) is 19.4 Å². The molecule has 0 aromatic rings. The maximum Gasteiger partial charge on any atom is 0.572 e. The van der Waals surface area contributed by atoms with Gasteiger partial charge in [0.05, 0.1) is 12.7 Å². The van der Waals surface area contributed by atoms with Crippen molar-refractivity contribution in [2.45, 2.75) is 13.3 Å². The summed E-state index contributed by atoms with van der Waals surface area (Å²) in [5.41, 5.74) is -0.255. The first-order valence-corrected chi connectivity index (χ1v) is 2.86. The lowest BCUT2D eigenvalue weighted by Gasteiger charge is -2.04. The number of alkyl halides is 3. The first-order valence-electron chi connectivity index (χ1n) is 2.86. The second kappa shape index (κ2) is 3.99. The average molecular weight is 184 g/mol. The van der Waals surface area contributed by atoms with Gasteiger partial charge in [-0.15, -0.1) is 13.2 Å². The van der Waals surface area contributed by atoms with Crippen LogP contribution < -0.4 is 0 Å². The molecule has 0 aliphatic carbocycles. The molecule has 0 aliphatic rings. The van der Waals surface area contributed by atoms with Crippen LogP contribution in [0.1, 0.15) is 6.92 Å². The van der Waals surface area contributed by atoms with Crippen molar-refractivity contribution in [1.29, 1.82) is 0 Å². The molecule has 0 atom stereocenters. The second-order valence-electron chi connectivity index (χ2n) is 1.86. The Morgan fingerprint density at radius 2 is 1.92 bits per heavy atom. The van der Waals surface area contributed by atoms with E-state index in [4.69, 9.17) is 0 Å². The van der Waals surface area contributed by atoms with Crippen molar-refractivity contribution < 1.29 is 27.4 Å². The van der Waals surface area contributed by atoms with Gasteiger partial charge in [-0.05, 0) is 6.92 Å². The largest absolute Gasteiger partial charge is 0.572 e. The van der Waals surface area contributed by atoms with E-state index in [2.05, 4.69) is 9.47 Å². The molecule has 0 bridgehead atoms. The normalized spacial score (nSPS) is 12.6. The molecule has 0 aromatic heterocycles. The predicted molar refractivity (Wildman–Crippen MR) is 32.9 cm³/mol. The van der Waals surface area contributed by atoms with Gasteiger partial charge in [-0.25, -0.2) is 4.79 Å². The number of rotatable bonds is 2. The summed E-state index contributed by atoms with van der Waals surface area (Å²) in [6.45, 7) is 1.15. The number of carbonyl (C=O) groups is 1.